The van der Waals surface area contributed by atoms with E-state index in [1.807, 2.05) is 24.4 Å². The van der Waals surface area contributed by atoms with Gasteiger partial charge in [0.2, 0.25) is 0 Å². The van der Waals surface area contributed by atoms with Crippen molar-refractivity contribution >= 4 is 11.6 Å². The number of anilines is 1. The fourth-order valence-corrected chi connectivity index (χ4v) is 3.06. The molecule has 2 N–H and O–H groups in total. The van der Waals surface area contributed by atoms with E-state index >= 15 is 0 Å². The molecule has 2 aromatic heterocycles. The second-order valence-corrected chi connectivity index (χ2v) is 6.34. The van der Waals surface area contributed by atoms with Gasteiger partial charge >= 0.3 is 0 Å². The van der Waals surface area contributed by atoms with E-state index in [0.29, 0.717) is 18.2 Å². The number of nitrogens with zero attached hydrogens (tertiary/aromatic N) is 2. The summed E-state index contributed by atoms with van der Waals surface area (Å²) in [6.45, 7) is 0.656. The minimum atomic E-state index is -0.0283. The quantitative estimate of drug-likeness (QED) is 0.826. The summed E-state index contributed by atoms with van der Waals surface area (Å²) >= 11 is 0. The van der Waals surface area contributed by atoms with E-state index in [-0.39, 0.29) is 5.91 Å². The Balaban J connectivity index is 1.58. The molecule has 5 heteroatoms. The molecule has 1 fully saturated rings. The fraction of sp³-hybridized carbons (Fsp3) is 0.421. The average Bonchev–Trinajstić information content (AvgIpc) is 2.90. The highest BCUT2D eigenvalue weighted by molar-refractivity contribution is 5.94. The zero-order valence-electron chi connectivity index (χ0n) is 13.9. The van der Waals surface area contributed by atoms with Crippen LogP contribution in [0.3, 0.4) is 0 Å². The molecule has 0 atom stereocenters. The third-order valence-corrected chi connectivity index (χ3v) is 4.41. The lowest BCUT2D eigenvalue weighted by molar-refractivity contribution is 0.0933. The van der Waals surface area contributed by atoms with Gasteiger partial charge in [-0.2, -0.15) is 0 Å². The van der Waals surface area contributed by atoms with Crippen molar-refractivity contribution in [2.75, 3.05) is 5.32 Å². The largest absolute Gasteiger partial charge is 0.380 e. The van der Waals surface area contributed by atoms with Crippen LogP contribution >= 0.6 is 0 Å². The predicted octanol–water partition coefficient (Wildman–Crippen LogP) is 3.54. The Labute approximate surface area is 142 Å². The highest BCUT2D eigenvalue weighted by Gasteiger charge is 2.16. The molecule has 2 aromatic rings. The zero-order chi connectivity index (χ0) is 16.6. The van der Waals surface area contributed by atoms with Crippen LogP contribution < -0.4 is 10.6 Å². The lowest BCUT2D eigenvalue weighted by atomic mass is 10.1. The number of hydrogen-bond acceptors (Lipinski definition) is 4. The number of amides is 1. The second-order valence-electron chi connectivity index (χ2n) is 6.34. The van der Waals surface area contributed by atoms with Crippen molar-refractivity contribution in [2.24, 2.45) is 0 Å². The molecule has 1 aliphatic rings. The predicted molar refractivity (Wildman–Crippen MR) is 94.8 cm³/mol. The number of nitrogens with one attached hydrogen (secondary N) is 2. The second kappa shape index (κ2) is 8.43. The summed E-state index contributed by atoms with van der Waals surface area (Å²) < 4.78 is 0. The molecule has 0 aromatic carbocycles. The van der Waals surface area contributed by atoms with Crippen LogP contribution in [0.2, 0.25) is 0 Å². The summed E-state index contributed by atoms with van der Waals surface area (Å²) in [6, 6.07) is 6.07. The van der Waals surface area contributed by atoms with Crippen LogP contribution in [0.1, 0.15) is 54.4 Å². The summed E-state index contributed by atoms with van der Waals surface area (Å²) in [5, 5.41) is 6.45. The van der Waals surface area contributed by atoms with Crippen LogP contribution in [-0.2, 0) is 6.54 Å². The number of aromatic nitrogens is 2. The van der Waals surface area contributed by atoms with Gasteiger partial charge in [-0.3, -0.25) is 14.8 Å². The smallest absolute Gasteiger partial charge is 0.253 e. The minimum absolute atomic E-state index is 0.0283. The van der Waals surface area contributed by atoms with Gasteiger partial charge < -0.3 is 10.6 Å². The van der Waals surface area contributed by atoms with Crippen molar-refractivity contribution < 1.29 is 4.79 Å². The van der Waals surface area contributed by atoms with Crippen LogP contribution in [0, 0.1) is 0 Å². The number of carbonyl (C=O) groups excluding carboxylic acids is 1. The molecule has 24 heavy (non-hydrogen) atoms. The zero-order valence-corrected chi connectivity index (χ0v) is 13.9. The van der Waals surface area contributed by atoms with Gasteiger partial charge in [0, 0.05) is 37.4 Å². The molecule has 1 amide bonds. The summed E-state index contributed by atoms with van der Waals surface area (Å²) in [7, 11) is 0. The van der Waals surface area contributed by atoms with Gasteiger partial charge in [0.15, 0.2) is 0 Å². The molecule has 0 unspecified atom stereocenters. The van der Waals surface area contributed by atoms with Crippen LogP contribution in [0.25, 0.3) is 0 Å². The summed E-state index contributed by atoms with van der Waals surface area (Å²) in [5.41, 5.74) is 2.54. The van der Waals surface area contributed by atoms with Crippen LogP contribution in [0.5, 0.6) is 0 Å². The first kappa shape index (κ1) is 16.4. The van der Waals surface area contributed by atoms with Crippen molar-refractivity contribution in [3.63, 3.8) is 0 Å². The van der Waals surface area contributed by atoms with Crippen molar-refractivity contribution in [1.29, 1.82) is 0 Å². The van der Waals surface area contributed by atoms with Gasteiger partial charge in [0.25, 0.3) is 5.91 Å². The van der Waals surface area contributed by atoms with E-state index in [4.69, 9.17) is 0 Å². The van der Waals surface area contributed by atoms with Crippen LogP contribution in [0.15, 0.2) is 43.0 Å². The van der Waals surface area contributed by atoms with Gasteiger partial charge in [0.05, 0.1) is 11.3 Å². The van der Waals surface area contributed by atoms with Gasteiger partial charge in [-0.1, -0.05) is 31.7 Å². The number of hydrogen-bond donors (Lipinski definition) is 2. The molecule has 0 saturated heterocycles. The third-order valence-electron chi connectivity index (χ3n) is 4.41. The molecule has 1 saturated carbocycles. The topological polar surface area (TPSA) is 66.9 Å². The standard InChI is InChI=1S/C19H24N4O/c24-19(23-17-7-3-1-2-4-8-17)16-10-18(14-21-13-16)22-12-15-6-5-9-20-11-15/h5-6,9-11,13-14,17,22H,1-4,7-8,12H2,(H,23,24). The van der Waals surface area contributed by atoms with E-state index in [9.17, 15) is 4.79 Å². The summed E-state index contributed by atoms with van der Waals surface area (Å²) in [5.74, 6) is -0.0283. The van der Waals surface area contributed by atoms with Crippen molar-refractivity contribution in [1.82, 2.24) is 15.3 Å². The number of rotatable bonds is 5. The van der Waals surface area contributed by atoms with E-state index < -0.39 is 0 Å². The fourth-order valence-electron chi connectivity index (χ4n) is 3.06. The molecule has 0 radical (unpaired) electrons. The summed E-state index contributed by atoms with van der Waals surface area (Å²) in [6.07, 6.45) is 14.1. The third kappa shape index (κ3) is 4.78. The average molecular weight is 324 g/mol. The summed E-state index contributed by atoms with van der Waals surface area (Å²) in [4.78, 5) is 20.7. The highest BCUT2D eigenvalue weighted by Crippen LogP contribution is 2.18. The molecule has 0 spiro atoms. The van der Waals surface area contributed by atoms with Gasteiger partial charge in [0.1, 0.15) is 0 Å². The molecule has 0 aliphatic heterocycles. The molecule has 1 aliphatic carbocycles. The minimum Gasteiger partial charge on any atom is -0.380 e. The molecule has 3 rings (SSSR count). The normalized spacial score (nSPS) is 15.5. The van der Waals surface area contributed by atoms with Crippen LogP contribution in [0.4, 0.5) is 5.69 Å². The molecular weight excluding hydrogens is 300 g/mol. The molecule has 2 heterocycles. The monoisotopic (exact) mass is 324 g/mol. The van der Waals surface area contributed by atoms with Gasteiger partial charge in [-0.15, -0.1) is 0 Å². The van der Waals surface area contributed by atoms with E-state index in [0.717, 1.165) is 24.1 Å². The lowest BCUT2D eigenvalue weighted by Crippen LogP contribution is -2.34. The first-order valence-electron chi connectivity index (χ1n) is 8.70. The number of pyridine rings is 2. The first-order chi connectivity index (χ1) is 11.8. The molecule has 5 nitrogen and oxygen atoms in total. The number of carbonyl (C=O) groups is 1. The maximum absolute atomic E-state index is 12.5. The van der Waals surface area contributed by atoms with Crippen molar-refractivity contribution in [2.45, 2.75) is 51.1 Å². The van der Waals surface area contributed by atoms with Gasteiger partial charge in [-0.05, 0) is 30.5 Å². The molecular formula is C19H24N4O. The lowest BCUT2D eigenvalue weighted by Gasteiger charge is -2.16. The van der Waals surface area contributed by atoms with E-state index in [1.165, 1.54) is 25.7 Å². The Morgan fingerprint density at radius 1 is 1.08 bits per heavy atom. The maximum Gasteiger partial charge on any atom is 0.253 e. The molecule has 126 valence electrons. The first-order valence-corrected chi connectivity index (χ1v) is 8.70. The van der Waals surface area contributed by atoms with E-state index in [1.54, 1.807) is 18.6 Å². The Morgan fingerprint density at radius 3 is 2.67 bits per heavy atom. The van der Waals surface area contributed by atoms with Crippen LogP contribution in [-0.4, -0.2) is 21.9 Å². The Hall–Kier alpha value is -2.43. The Morgan fingerprint density at radius 2 is 1.92 bits per heavy atom. The Bertz CT molecular complexity index is 651. The highest BCUT2D eigenvalue weighted by atomic mass is 16.1. The van der Waals surface area contributed by atoms with Crippen molar-refractivity contribution in [3.05, 3.63) is 54.1 Å². The Kier molecular flexibility index (Phi) is 5.77. The SMILES string of the molecule is O=C(NC1CCCCCC1)c1cncc(NCc2cccnc2)c1. The molecule has 0 bridgehead atoms. The van der Waals surface area contributed by atoms with Gasteiger partial charge in [-0.25, -0.2) is 0 Å². The van der Waals surface area contributed by atoms with E-state index in [2.05, 4.69) is 20.6 Å². The van der Waals surface area contributed by atoms with Crippen molar-refractivity contribution in [3.8, 4) is 0 Å². The maximum atomic E-state index is 12.5.